The van der Waals surface area contributed by atoms with Gasteiger partial charge < -0.3 is 0 Å². The lowest BCUT2D eigenvalue weighted by Gasteiger charge is -2.33. The van der Waals surface area contributed by atoms with E-state index in [0.29, 0.717) is 5.03 Å². The van der Waals surface area contributed by atoms with Crippen LogP contribution in [0.15, 0.2) is 70.8 Å². The highest BCUT2D eigenvalue weighted by Crippen LogP contribution is 2.11. The number of rotatable bonds is 5. The van der Waals surface area contributed by atoms with Gasteiger partial charge in [-0.1, -0.05) is 72.3 Å². The largest absolute Gasteiger partial charge is 0.295 e. The lowest BCUT2D eigenvalue weighted by Crippen LogP contribution is -2.43. The van der Waals surface area contributed by atoms with Crippen molar-refractivity contribution in [2.45, 2.75) is 6.54 Å². The molecule has 0 bridgehead atoms. The Morgan fingerprint density at radius 3 is 2.21 bits per heavy atom. The summed E-state index contributed by atoms with van der Waals surface area (Å²) in [5.41, 5.74) is 2.45. The minimum absolute atomic E-state index is 0.646. The third-order valence-electron chi connectivity index (χ3n) is 4.05. The zero-order valence-electron chi connectivity index (χ0n) is 13.7. The van der Waals surface area contributed by atoms with Crippen molar-refractivity contribution in [3.63, 3.8) is 0 Å². The van der Waals surface area contributed by atoms with Gasteiger partial charge in [0.25, 0.3) is 0 Å². The summed E-state index contributed by atoms with van der Waals surface area (Å²) < 4.78 is 0. The summed E-state index contributed by atoms with van der Waals surface area (Å²) in [6.07, 6.45) is 3.66. The van der Waals surface area contributed by atoms with Crippen LogP contribution in [0.4, 0.5) is 0 Å². The Hall–Kier alpha value is -2.10. The minimum atomic E-state index is 0.646. The number of benzene rings is 2. The van der Waals surface area contributed by atoms with E-state index in [-0.39, 0.29) is 0 Å². The predicted octanol–water partition coefficient (Wildman–Crippen LogP) is 4.07. The number of hydrogen-bond acceptors (Lipinski definition) is 3. The number of nitrogens with zero attached hydrogens (tertiary/aromatic N) is 3. The van der Waals surface area contributed by atoms with E-state index in [1.54, 1.807) is 6.21 Å². The van der Waals surface area contributed by atoms with Gasteiger partial charge in [0.05, 0.1) is 11.2 Å². The molecular formula is C20H22ClN3. The van der Waals surface area contributed by atoms with Crippen molar-refractivity contribution in [2.24, 2.45) is 5.10 Å². The molecule has 2 aromatic rings. The molecule has 24 heavy (non-hydrogen) atoms. The molecule has 0 amide bonds. The van der Waals surface area contributed by atoms with Crippen LogP contribution in [0.1, 0.15) is 11.1 Å². The van der Waals surface area contributed by atoms with Gasteiger partial charge in [0.1, 0.15) is 0 Å². The van der Waals surface area contributed by atoms with Crippen molar-refractivity contribution in [3.05, 3.63) is 76.8 Å². The number of hydrogen-bond donors (Lipinski definition) is 0. The second-order valence-corrected chi connectivity index (χ2v) is 6.34. The van der Waals surface area contributed by atoms with Gasteiger partial charge in [-0.3, -0.25) is 9.91 Å². The fraction of sp³-hybridized carbons (Fsp3) is 0.250. The average molecular weight is 340 g/mol. The molecule has 2 aromatic carbocycles. The molecule has 1 saturated heterocycles. The van der Waals surface area contributed by atoms with Crippen molar-refractivity contribution in [1.82, 2.24) is 9.91 Å². The van der Waals surface area contributed by atoms with Crippen molar-refractivity contribution in [1.29, 1.82) is 0 Å². The maximum Gasteiger partial charge on any atom is 0.0657 e. The fourth-order valence-electron chi connectivity index (χ4n) is 2.74. The van der Waals surface area contributed by atoms with Gasteiger partial charge in [0, 0.05) is 32.7 Å². The Bertz CT molecular complexity index is 675. The summed E-state index contributed by atoms with van der Waals surface area (Å²) in [6, 6.07) is 20.7. The van der Waals surface area contributed by atoms with E-state index in [0.717, 1.165) is 38.3 Å². The molecule has 1 aliphatic heterocycles. The van der Waals surface area contributed by atoms with Crippen molar-refractivity contribution < 1.29 is 0 Å². The lowest BCUT2D eigenvalue weighted by molar-refractivity contribution is 0.131. The molecule has 0 aromatic heterocycles. The van der Waals surface area contributed by atoms with E-state index in [4.69, 9.17) is 11.6 Å². The van der Waals surface area contributed by atoms with Gasteiger partial charge in [0.15, 0.2) is 0 Å². The molecule has 0 radical (unpaired) electrons. The van der Waals surface area contributed by atoms with Crippen LogP contribution in [0, 0.1) is 0 Å². The standard InChI is InChI=1S/C20H22ClN3/c21-20(15-18-7-3-1-4-8-18)16-22-24-13-11-23(12-14-24)17-19-9-5-2-6-10-19/h1-10,15-16H,11-14,17H2/b20-15-,22-16-. The van der Waals surface area contributed by atoms with Crippen LogP contribution in [0.5, 0.6) is 0 Å². The fourth-order valence-corrected chi connectivity index (χ4v) is 2.90. The van der Waals surface area contributed by atoms with Crippen molar-refractivity contribution in [2.75, 3.05) is 26.2 Å². The molecule has 1 aliphatic rings. The summed E-state index contributed by atoms with van der Waals surface area (Å²) >= 11 is 6.25. The van der Waals surface area contributed by atoms with E-state index < -0.39 is 0 Å². The molecule has 1 fully saturated rings. The number of halogens is 1. The molecule has 0 aliphatic carbocycles. The summed E-state index contributed by atoms with van der Waals surface area (Å²) in [5, 5.41) is 7.23. The van der Waals surface area contributed by atoms with Crippen LogP contribution in [-0.4, -0.2) is 42.3 Å². The van der Waals surface area contributed by atoms with E-state index in [9.17, 15) is 0 Å². The third kappa shape index (κ3) is 5.22. The molecular weight excluding hydrogens is 318 g/mol. The molecule has 0 spiro atoms. The monoisotopic (exact) mass is 339 g/mol. The van der Waals surface area contributed by atoms with E-state index >= 15 is 0 Å². The van der Waals surface area contributed by atoms with Gasteiger partial charge in [-0.05, 0) is 17.2 Å². The molecule has 3 rings (SSSR count). The maximum atomic E-state index is 6.25. The second kappa shape index (κ2) is 8.67. The average Bonchev–Trinajstić information content (AvgIpc) is 2.63. The summed E-state index contributed by atoms with van der Waals surface area (Å²) in [5.74, 6) is 0. The molecule has 0 saturated carbocycles. The van der Waals surface area contributed by atoms with E-state index in [1.807, 2.05) is 36.4 Å². The Morgan fingerprint density at radius 1 is 0.917 bits per heavy atom. The van der Waals surface area contributed by atoms with Crippen LogP contribution < -0.4 is 0 Å². The molecule has 0 atom stereocenters. The highest BCUT2D eigenvalue weighted by molar-refractivity contribution is 6.41. The molecule has 0 unspecified atom stereocenters. The zero-order chi connectivity index (χ0) is 16.6. The molecule has 3 nitrogen and oxygen atoms in total. The zero-order valence-corrected chi connectivity index (χ0v) is 14.4. The van der Waals surface area contributed by atoms with Gasteiger partial charge >= 0.3 is 0 Å². The van der Waals surface area contributed by atoms with Gasteiger partial charge in [-0.25, -0.2) is 0 Å². The van der Waals surface area contributed by atoms with Gasteiger partial charge in [-0.2, -0.15) is 5.10 Å². The molecule has 0 N–H and O–H groups in total. The Kier molecular flexibility index (Phi) is 6.05. The number of allylic oxidation sites excluding steroid dienone is 1. The summed E-state index contributed by atoms with van der Waals surface area (Å²) in [4.78, 5) is 2.46. The normalized spacial score (nSPS) is 16.7. The Morgan fingerprint density at radius 2 is 1.54 bits per heavy atom. The summed E-state index contributed by atoms with van der Waals surface area (Å²) in [6.45, 7) is 4.91. The number of piperazine rings is 1. The van der Waals surface area contributed by atoms with Crippen LogP contribution in [0.2, 0.25) is 0 Å². The highest BCUT2D eigenvalue weighted by Gasteiger charge is 2.15. The van der Waals surface area contributed by atoms with Gasteiger partial charge in [0.2, 0.25) is 0 Å². The summed E-state index contributed by atoms with van der Waals surface area (Å²) in [7, 11) is 0. The van der Waals surface area contributed by atoms with Crippen molar-refractivity contribution in [3.8, 4) is 0 Å². The van der Waals surface area contributed by atoms with Crippen LogP contribution in [0.3, 0.4) is 0 Å². The SMILES string of the molecule is ClC(/C=N\N1CCN(Cc2ccccc2)CC1)=C\c1ccccc1. The number of hydrazone groups is 1. The molecule has 4 heteroatoms. The second-order valence-electron chi connectivity index (χ2n) is 5.90. The first-order chi connectivity index (χ1) is 11.8. The van der Waals surface area contributed by atoms with E-state index in [2.05, 4.69) is 45.3 Å². The Balaban J connectivity index is 1.47. The molecule has 1 heterocycles. The first-order valence-electron chi connectivity index (χ1n) is 8.27. The topological polar surface area (TPSA) is 18.8 Å². The predicted molar refractivity (Wildman–Crippen MR) is 102 cm³/mol. The van der Waals surface area contributed by atoms with E-state index in [1.165, 1.54) is 5.56 Å². The quantitative estimate of drug-likeness (QED) is 0.765. The maximum absolute atomic E-state index is 6.25. The van der Waals surface area contributed by atoms with Gasteiger partial charge in [-0.15, -0.1) is 0 Å². The van der Waals surface area contributed by atoms with Crippen LogP contribution in [0.25, 0.3) is 6.08 Å². The smallest absolute Gasteiger partial charge is 0.0657 e. The molecule has 124 valence electrons. The Labute approximate surface area is 148 Å². The first-order valence-corrected chi connectivity index (χ1v) is 8.65. The first kappa shape index (κ1) is 16.7. The van der Waals surface area contributed by atoms with Crippen LogP contribution in [-0.2, 0) is 6.54 Å². The van der Waals surface area contributed by atoms with Crippen LogP contribution >= 0.6 is 11.6 Å². The lowest BCUT2D eigenvalue weighted by atomic mass is 10.2. The van der Waals surface area contributed by atoms with Crippen molar-refractivity contribution >= 4 is 23.9 Å². The minimum Gasteiger partial charge on any atom is -0.295 e. The third-order valence-corrected chi connectivity index (χ3v) is 4.25. The highest BCUT2D eigenvalue weighted by atomic mass is 35.5.